The second-order valence-corrected chi connectivity index (χ2v) is 9.24. The van der Waals surface area contributed by atoms with Crippen molar-refractivity contribution < 1.29 is 19.1 Å². The molecule has 6 nitrogen and oxygen atoms in total. The highest BCUT2D eigenvalue weighted by atomic mass is 16.6. The van der Waals surface area contributed by atoms with Gasteiger partial charge in [0.25, 0.3) is 0 Å². The van der Waals surface area contributed by atoms with E-state index in [-0.39, 0.29) is 41.6 Å². The lowest BCUT2D eigenvalue weighted by atomic mass is 9.85. The van der Waals surface area contributed by atoms with Gasteiger partial charge in [0, 0.05) is 17.9 Å². The predicted octanol–water partition coefficient (Wildman–Crippen LogP) is 3.44. The molecular formula is C21H40N2O4. The Morgan fingerprint density at radius 1 is 0.815 bits per heavy atom. The average Bonchev–Trinajstić information content (AvgIpc) is 2.51. The molecule has 0 rings (SSSR count). The van der Waals surface area contributed by atoms with E-state index >= 15 is 0 Å². The molecule has 0 aromatic carbocycles. The smallest absolute Gasteiger partial charge is 0.309 e. The standard InChI is InChI=1S/C21H40N2O4/c1-13(2)17(24)22-16(6)12-11-15(5)19(26)27-21(9,10)20(7,8)23-18(25)14(3)4/h13-16H,11-12H2,1-10H3,(H,22,24)(H,23,25). The van der Waals surface area contributed by atoms with Gasteiger partial charge >= 0.3 is 5.97 Å². The molecule has 0 aliphatic rings. The minimum absolute atomic E-state index is 0.00457. The first kappa shape index (κ1) is 25.4. The quantitative estimate of drug-likeness (QED) is 0.565. The molecule has 158 valence electrons. The lowest BCUT2D eigenvalue weighted by Crippen LogP contribution is -2.60. The first-order chi connectivity index (χ1) is 12.1. The SMILES string of the molecule is CC(CCC(C)C(=O)OC(C)(C)C(C)(C)NC(=O)C(C)C)NC(=O)C(C)C. The van der Waals surface area contributed by atoms with Crippen LogP contribution >= 0.6 is 0 Å². The zero-order chi connectivity index (χ0) is 21.6. The molecule has 27 heavy (non-hydrogen) atoms. The predicted molar refractivity (Wildman–Crippen MR) is 108 cm³/mol. The van der Waals surface area contributed by atoms with Crippen LogP contribution in [0.3, 0.4) is 0 Å². The minimum Gasteiger partial charge on any atom is -0.457 e. The molecule has 0 bridgehead atoms. The average molecular weight is 385 g/mol. The van der Waals surface area contributed by atoms with Gasteiger partial charge in [-0.3, -0.25) is 14.4 Å². The van der Waals surface area contributed by atoms with Gasteiger partial charge in [-0.05, 0) is 47.5 Å². The molecule has 6 heteroatoms. The topological polar surface area (TPSA) is 84.5 Å². The number of ether oxygens (including phenoxy) is 1. The van der Waals surface area contributed by atoms with Crippen molar-refractivity contribution in [2.75, 3.05) is 0 Å². The first-order valence-electron chi connectivity index (χ1n) is 9.96. The second-order valence-electron chi connectivity index (χ2n) is 9.24. The lowest BCUT2D eigenvalue weighted by molar-refractivity contribution is -0.170. The molecule has 0 saturated carbocycles. The molecule has 0 aliphatic carbocycles. The summed E-state index contributed by atoms with van der Waals surface area (Å²) in [6.07, 6.45) is 1.32. The fourth-order valence-electron chi connectivity index (χ4n) is 2.18. The zero-order valence-electron chi connectivity index (χ0n) is 18.9. The van der Waals surface area contributed by atoms with Crippen LogP contribution in [0.5, 0.6) is 0 Å². The first-order valence-corrected chi connectivity index (χ1v) is 9.96. The summed E-state index contributed by atoms with van der Waals surface area (Å²) in [5.41, 5.74) is -1.57. The Kier molecular flexibility index (Phi) is 9.50. The molecule has 0 aromatic rings. The Morgan fingerprint density at radius 3 is 1.74 bits per heavy atom. The maximum atomic E-state index is 12.5. The zero-order valence-corrected chi connectivity index (χ0v) is 18.9. The van der Waals surface area contributed by atoms with Crippen LogP contribution < -0.4 is 10.6 Å². The van der Waals surface area contributed by atoms with Crippen LogP contribution in [0.25, 0.3) is 0 Å². The van der Waals surface area contributed by atoms with E-state index in [0.717, 1.165) is 0 Å². The lowest BCUT2D eigenvalue weighted by Gasteiger charge is -2.42. The molecule has 0 saturated heterocycles. The molecule has 2 unspecified atom stereocenters. The van der Waals surface area contributed by atoms with Gasteiger partial charge in [0.2, 0.25) is 11.8 Å². The Morgan fingerprint density at radius 2 is 1.30 bits per heavy atom. The van der Waals surface area contributed by atoms with Crippen molar-refractivity contribution in [2.45, 2.75) is 99.3 Å². The van der Waals surface area contributed by atoms with Crippen molar-refractivity contribution in [3.8, 4) is 0 Å². The number of carbonyl (C=O) groups is 3. The molecule has 2 atom stereocenters. The van der Waals surface area contributed by atoms with Gasteiger partial charge in [-0.1, -0.05) is 34.6 Å². The third-order valence-corrected chi connectivity index (χ3v) is 5.17. The molecule has 0 fully saturated rings. The van der Waals surface area contributed by atoms with E-state index in [1.165, 1.54) is 0 Å². The molecule has 2 amide bonds. The van der Waals surface area contributed by atoms with E-state index in [1.54, 1.807) is 0 Å². The van der Waals surface area contributed by atoms with Crippen molar-refractivity contribution in [1.82, 2.24) is 10.6 Å². The normalized spacial score (nSPS) is 14.7. The van der Waals surface area contributed by atoms with Crippen LogP contribution in [0.15, 0.2) is 0 Å². The monoisotopic (exact) mass is 384 g/mol. The Bertz CT molecular complexity index is 524. The van der Waals surface area contributed by atoms with Crippen molar-refractivity contribution in [3.63, 3.8) is 0 Å². The van der Waals surface area contributed by atoms with Gasteiger partial charge in [-0.25, -0.2) is 0 Å². The van der Waals surface area contributed by atoms with Crippen LogP contribution in [-0.2, 0) is 19.1 Å². The summed E-state index contributed by atoms with van der Waals surface area (Å²) in [5.74, 6) is -0.849. The summed E-state index contributed by atoms with van der Waals surface area (Å²) in [7, 11) is 0. The maximum absolute atomic E-state index is 12.5. The van der Waals surface area contributed by atoms with E-state index in [1.807, 2.05) is 69.2 Å². The van der Waals surface area contributed by atoms with Crippen LogP contribution in [0, 0.1) is 17.8 Å². The second kappa shape index (κ2) is 10.1. The van der Waals surface area contributed by atoms with Gasteiger partial charge in [-0.15, -0.1) is 0 Å². The van der Waals surface area contributed by atoms with E-state index in [2.05, 4.69) is 10.6 Å². The molecule has 0 aliphatic heterocycles. The fourth-order valence-corrected chi connectivity index (χ4v) is 2.18. The molecule has 0 aromatic heterocycles. The number of esters is 1. The van der Waals surface area contributed by atoms with Gasteiger partial charge in [0.05, 0.1) is 11.5 Å². The number of amides is 2. The maximum Gasteiger partial charge on any atom is 0.309 e. The number of carbonyl (C=O) groups excluding carboxylic acids is 3. The number of hydrogen-bond acceptors (Lipinski definition) is 4. The number of nitrogens with one attached hydrogen (secondary N) is 2. The summed E-state index contributed by atoms with van der Waals surface area (Å²) in [6.45, 7) is 18.4. The highest BCUT2D eigenvalue weighted by Gasteiger charge is 2.42. The summed E-state index contributed by atoms with van der Waals surface area (Å²) in [4.78, 5) is 36.3. The highest BCUT2D eigenvalue weighted by Crippen LogP contribution is 2.27. The third-order valence-electron chi connectivity index (χ3n) is 5.17. The number of rotatable bonds is 10. The van der Waals surface area contributed by atoms with Gasteiger partial charge in [-0.2, -0.15) is 0 Å². The molecular weight excluding hydrogens is 344 g/mol. The third kappa shape index (κ3) is 8.31. The van der Waals surface area contributed by atoms with Crippen molar-refractivity contribution in [2.24, 2.45) is 17.8 Å². The Hall–Kier alpha value is -1.59. The summed E-state index contributed by atoms with van der Waals surface area (Å²) >= 11 is 0. The van der Waals surface area contributed by atoms with Crippen LogP contribution in [0.2, 0.25) is 0 Å². The van der Waals surface area contributed by atoms with Crippen molar-refractivity contribution >= 4 is 17.8 Å². The summed E-state index contributed by atoms with van der Waals surface area (Å²) in [5, 5.41) is 5.90. The fraction of sp³-hybridized carbons (Fsp3) is 0.857. The summed E-state index contributed by atoms with van der Waals surface area (Å²) in [6, 6.07) is 0.00457. The molecule has 0 spiro atoms. The van der Waals surface area contributed by atoms with Crippen molar-refractivity contribution in [1.29, 1.82) is 0 Å². The minimum atomic E-state index is -0.861. The van der Waals surface area contributed by atoms with Crippen LogP contribution in [0.1, 0.15) is 82.1 Å². The van der Waals surface area contributed by atoms with Gasteiger partial charge in [0.15, 0.2) is 0 Å². The van der Waals surface area contributed by atoms with Crippen LogP contribution in [-0.4, -0.2) is 35.0 Å². The molecule has 2 N–H and O–H groups in total. The van der Waals surface area contributed by atoms with Gasteiger partial charge < -0.3 is 15.4 Å². The van der Waals surface area contributed by atoms with E-state index < -0.39 is 11.1 Å². The number of hydrogen-bond donors (Lipinski definition) is 2. The molecule has 0 radical (unpaired) electrons. The van der Waals surface area contributed by atoms with Crippen molar-refractivity contribution in [3.05, 3.63) is 0 Å². The van der Waals surface area contributed by atoms with E-state index in [4.69, 9.17) is 4.74 Å². The summed E-state index contributed by atoms with van der Waals surface area (Å²) < 4.78 is 5.76. The highest BCUT2D eigenvalue weighted by molar-refractivity contribution is 5.79. The molecule has 0 heterocycles. The Labute approximate surface area is 165 Å². The van der Waals surface area contributed by atoms with E-state index in [9.17, 15) is 14.4 Å². The van der Waals surface area contributed by atoms with E-state index in [0.29, 0.717) is 12.8 Å². The van der Waals surface area contributed by atoms with Gasteiger partial charge in [0.1, 0.15) is 5.60 Å². The van der Waals surface area contributed by atoms with Crippen LogP contribution in [0.4, 0.5) is 0 Å². The Balaban J connectivity index is 4.71. The largest absolute Gasteiger partial charge is 0.457 e.